The molecule has 0 radical (unpaired) electrons. The summed E-state index contributed by atoms with van der Waals surface area (Å²) in [5.41, 5.74) is 0.789. The summed E-state index contributed by atoms with van der Waals surface area (Å²) in [6.07, 6.45) is 1.47. The standard InChI is InChI=1S/C9H9N6O4P/c16-9(20(17,18)19)6-2-1-3-7-10-5(4-15(6)7)8-11-13-14-12-8/h1-4,9,16H,(H2,17,18,19)(H,11,12,13,14). The molecule has 3 aromatic rings. The number of nitrogens with zero attached hydrogens (tertiary/aromatic N) is 5. The van der Waals surface area contributed by atoms with Crippen LogP contribution in [0, 0.1) is 0 Å². The van der Waals surface area contributed by atoms with Gasteiger partial charge in [-0.15, -0.1) is 10.2 Å². The summed E-state index contributed by atoms with van der Waals surface area (Å²) in [4.78, 5) is 22.3. The molecule has 0 saturated heterocycles. The van der Waals surface area contributed by atoms with E-state index in [1.807, 2.05) is 0 Å². The number of H-pyrrole nitrogens is 1. The third-order valence-corrected chi connectivity index (χ3v) is 3.58. The second kappa shape index (κ2) is 4.46. The second-order valence-electron chi connectivity index (χ2n) is 4.00. The molecule has 1 unspecified atom stereocenters. The average molecular weight is 296 g/mol. The van der Waals surface area contributed by atoms with Gasteiger partial charge in [0.05, 0.1) is 5.69 Å². The highest BCUT2D eigenvalue weighted by molar-refractivity contribution is 7.51. The summed E-state index contributed by atoms with van der Waals surface area (Å²) in [5.74, 6) is -1.69. The summed E-state index contributed by atoms with van der Waals surface area (Å²) in [6.45, 7) is 0. The highest BCUT2D eigenvalue weighted by atomic mass is 31.2. The number of aromatic nitrogens is 6. The third kappa shape index (κ3) is 2.10. The van der Waals surface area contributed by atoms with E-state index < -0.39 is 13.4 Å². The SMILES string of the molecule is O=P(O)(O)C(O)c1cccc2nc(-c3nn[nH]n3)cn12. The molecule has 0 bridgehead atoms. The van der Waals surface area contributed by atoms with Gasteiger partial charge < -0.3 is 14.9 Å². The second-order valence-corrected chi connectivity index (χ2v) is 5.67. The fourth-order valence-corrected chi connectivity index (χ4v) is 2.35. The van der Waals surface area contributed by atoms with Gasteiger partial charge in [0.1, 0.15) is 11.3 Å². The Balaban J connectivity index is 2.18. The number of aliphatic hydroxyl groups is 1. The van der Waals surface area contributed by atoms with Crippen LogP contribution >= 0.6 is 7.60 Å². The fourth-order valence-electron chi connectivity index (χ4n) is 1.79. The number of tetrazole rings is 1. The predicted molar refractivity (Wildman–Crippen MR) is 65.4 cm³/mol. The Labute approximate surface area is 111 Å². The van der Waals surface area contributed by atoms with Crippen molar-refractivity contribution in [3.05, 3.63) is 30.1 Å². The van der Waals surface area contributed by atoms with Crippen LogP contribution in [0.1, 0.15) is 11.5 Å². The Hall–Kier alpha value is -2.13. The third-order valence-electron chi connectivity index (χ3n) is 2.68. The molecule has 1 atom stereocenters. The number of rotatable bonds is 3. The smallest absolute Gasteiger partial charge is 0.359 e. The largest absolute Gasteiger partial charge is 0.375 e. The quantitative estimate of drug-likeness (QED) is 0.480. The van der Waals surface area contributed by atoms with E-state index in [1.54, 1.807) is 6.07 Å². The molecule has 11 heteroatoms. The van der Waals surface area contributed by atoms with Crippen molar-refractivity contribution in [2.24, 2.45) is 0 Å². The van der Waals surface area contributed by atoms with Gasteiger partial charge in [-0.25, -0.2) is 4.98 Å². The molecule has 4 N–H and O–H groups in total. The number of fused-ring (bicyclic) bond motifs is 1. The first-order valence-corrected chi connectivity index (χ1v) is 7.10. The van der Waals surface area contributed by atoms with Gasteiger partial charge in [0.2, 0.25) is 5.82 Å². The van der Waals surface area contributed by atoms with Crippen molar-refractivity contribution >= 4 is 13.2 Å². The van der Waals surface area contributed by atoms with Crippen LogP contribution in [-0.4, -0.2) is 44.9 Å². The zero-order valence-electron chi connectivity index (χ0n) is 9.82. The van der Waals surface area contributed by atoms with Crippen molar-refractivity contribution in [3.63, 3.8) is 0 Å². The van der Waals surface area contributed by atoms with E-state index in [2.05, 4.69) is 25.6 Å². The molecule has 0 aromatic carbocycles. The maximum absolute atomic E-state index is 11.2. The van der Waals surface area contributed by atoms with Gasteiger partial charge in [0.25, 0.3) is 0 Å². The summed E-state index contributed by atoms with van der Waals surface area (Å²) in [5, 5.41) is 23.0. The number of pyridine rings is 1. The summed E-state index contributed by atoms with van der Waals surface area (Å²) in [6, 6.07) is 4.56. The Morgan fingerprint density at radius 3 is 2.80 bits per heavy atom. The molecule has 20 heavy (non-hydrogen) atoms. The maximum atomic E-state index is 11.2. The summed E-state index contributed by atoms with van der Waals surface area (Å²) >= 11 is 0. The van der Waals surface area contributed by atoms with E-state index in [4.69, 9.17) is 9.79 Å². The highest BCUT2D eigenvalue weighted by Gasteiger charge is 2.30. The monoisotopic (exact) mass is 296 g/mol. The molecule has 0 aliphatic heterocycles. The van der Waals surface area contributed by atoms with Gasteiger partial charge in [-0.05, 0) is 17.3 Å². The van der Waals surface area contributed by atoms with Gasteiger partial charge in [-0.1, -0.05) is 6.07 Å². The zero-order valence-corrected chi connectivity index (χ0v) is 10.7. The van der Waals surface area contributed by atoms with Crippen LogP contribution in [-0.2, 0) is 4.57 Å². The van der Waals surface area contributed by atoms with Crippen LogP contribution in [0.2, 0.25) is 0 Å². The van der Waals surface area contributed by atoms with Gasteiger partial charge in [0, 0.05) is 6.20 Å². The normalized spacial score (nSPS) is 13.8. The van der Waals surface area contributed by atoms with E-state index in [9.17, 15) is 9.67 Å². The van der Waals surface area contributed by atoms with Crippen molar-refractivity contribution in [2.45, 2.75) is 5.85 Å². The number of imidazole rings is 1. The predicted octanol–water partition coefficient (Wildman–Crippen LogP) is -0.317. The van der Waals surface area contributed by atoms with E-state index in [0.717, 1.165) is 0 Å². The van der Waals surface area contributed by atoms with Crippen LogP contribution in [0.25, 0.3) is 17.2 Å². The fraction of sp³-hybridized carbons (Fsp3) is 0.111. The molecule has 3 heterocycles. The highest BCUT2D eigenvalue weighted by Crippen LogP contribution is 2.49. The number of aromatic amines is 1. The van der Waals surface area contributed by atoms with Crippen molar-refractivity contribution in [3.8, 4) is 11.5 Å². The number of nitrogens with one attached hydrogen (secondary N) is 1. The molecular formula is C9H9N6O4P. The van der Waals surface area contributed by atoms with Gasteiger partial charge in [-0.2, -0.15) is 5.21 Å². The Morgan fingerprint density at radius 1 is 1.35 bits per heavy atom. The topological polar surface area (TPSA) is 150 Å². The van der Waals surface area contributed by atoms with Crippen molar-refractivity contribution in [2.75, 3.05) is 0 Å². The Kier molecular flexibility index (Phi) is 2.87. The number of aliphatic hydroxyl groups excluding tert-OH is 1. The van der Waals surface area contributed by atoms with Crippen molar-refractivity contribution in [1.29, 1.82) is 0 Å². The molecule has 10 nitrogen and oxygen atoms in total. The van der Waals surface area contributed by atoms with Crippen LogP contribution in [0.3, 0.4) is 0 Å². The molecule has 3 rings (SSSR count). The van der Waals surface area contributed by atoms with E-state index >= 15 is 0 Å². The van der Waals surface area contributed by atoms with Crippen LogP contribution < -0.4 is 0 Å². The molecule has 0 aliphatic rings. The van der Waals surface area contributed by atoms with Crippen molar-refractivity contribution < 1.29 is 19.5 Å². The first-order chi connectivity index (χ1) is 9.47. The molecule has 0 spiro atoms. The lowest BCUT2D eigenvalue weighted by Crippen LogP contribution is -2.04. The minimum atomic E-state index is -4.68. The van der Waals surface area contributed by atoms with E-state index in [0.29, 0.717) is 11.3 Å². The molecule has 104 valence electrons. The lowest BCUT2D eigenvalue weighted by molar-refractivity contribution is 0.201. The molecule has 0 saturated carbocycles. The molecule has 0 aliphatic carbocycles. The zero-order chi connectivity index (χ0) is 14.3. The summed E-state index contributed by atoms with van der Waals surface area (Å²) < 4.78 is 12.6. The Bertz CT molecular complexity index is 794. The lowest BCUT2D eigenvalue weighted by atomic mass is 10.3. The first-order valence-electron chi connectivity index (χ1n) is 5.42. The lowest BCUT2D eigenvalue weighted by Gasteiger charge is -2.13. The van der Waals surface area contributed by atoms with E-state index in [1.165, 1.54) is 22.7 Å². The van der Waals surface area contributed by atoms with Crippen LogP contribution in [0.15, 0.2) is 24.4 Å². The molecule has 3 aromatic heterocycles. The van der Waals surface area contributed by atoms with Gasteiger partial charge in [0.15, 0.2) is 5.85 Å². The average Bonchev–Trinajstić information content (AvgIpc) is 3.04. The van der Waals surface area contributed by atoms with Crippen LogP contribution in [0.4, 0.5) is 0 Å². The minimum Gasteiger partial charge on any atom is -0.375 e. The first kappa shape index (κ1) is 12.9. The molecule has 0 amide bonds. The maximum Gasteiger partial charge on any atom is 0.359 e. The van der Waals surface area contributed by atoms with Gasteiger partial charge in [-0.3, -0.25) is 8.97 Å². The number of hydrogen-bond donors (Lipinski definition) is 4. The molecular weight excluding hydrogens is 287 g/mol. The summed E-state index contributed by atoms with van der Waals surface area (Å²) in [7, 11) is -4.68. The number of hydrogen-bond acceptors (Lipinski definition) is 6. The van der Waals surface area contributed by atoms with E-state index in [-0.39, 0.29) is 11.5 Å². The van der Waals surface area contributed by atoms with Crippen LogP contribution in [0.5, 0.6) is 0 Å². The van der Waals surface area contributed by atoms with Gasteiger partial charge >= 0.3 is 7.60 Å². The molecule has 0 fully saturated rings. The Morgan fingerprint density at radius 2 is 2.15 bits per heavy atom. The minimum absolute atomic E-state index is 0.0260. The van der Waals surface area contributed by atoms with Crippen molar-refractivity contribution in [1.82, 2.24) is 30.0 Å².